The van der Waals surface area contributed by atoms with Crippen molar-refractivity contribution in [2.24, 2.45) is 11.3 Å². The van der Waals surface area contributed by atoms with Crippen LogP contribution in [0, 0.1) is 11.3 Å². The molecule has 1 aromatic carbocycles. The highest BCUT2D eigenvalue weighted by Crippen LogP contribution is 2.30. The van der Waals surface area contributed by atoms with E-state index in [1.54, 1.807) is 12.1 Å². The predicted octanol–water partition coefficient (Wildman–Crippen LogP) is 2.04. The van der Waals surface area contributed by atoms with Gasteiger partial charge in [0, 0.05) is 0 Å². The van der Waals surface area contributed by atoms with Gasteiger partial charge in [-0.05, 0) is 25.8 Å². The molecule has 2 N–H and O–H groups in total. The van der Waals surface area contributed by atoms with Crippen LogP contribution in [-0.2, 0) is 16.0 Å². The number of aliphatic carboxylic acids is 2. The zero-order valence-corrected chi connectivity index (χ0v) is 9.88. The lowest BCUT2D eigenvalue weighted by molar-refractivity contribution is -0.160. The van der Waals surface area contributed by atoms with Crippen molar-refractivity contribution in [2.45, 2.75) is 20.3 Å². The highest BCUT2D eigenvalue weighted by Gasteiger charge is 2.41. The molecule has 0 fully saturated rings. The molecule has 0 radical (unpaired) electrons. The molecule has 0 aliphatic rings. The van der Waals surface area contributed by atoms with Gasteiger partial charge in [0.1, 0.15) is 0 Å². The van der Waals surface area contributed by atoms with E-state index in [9.17, 15) is 9.59 Å². The van der Waals surface area contributed by atoms with Crippen molar-refractivity contribution in [3.8, 4) is 0 Å². The van der Waals surface area contributed by atoms with E-state index in [0.29, 0.717) is 0 Å². The quantitative estimate of drug-likeness (QED) is 0.820. The summed E-state index contributed by atoms with van der Waals surface area (Å²) in [4.78, 5) is 22.3. The SMILES string of the molecule is CC(C)(C(=O)O)C(Cc1ccccc1)C(=O)O. The Morgan fingerprint density at radius 3 is 2.12 bits per heavy atom. The third kappa shape index (κ3) is 3.06. The molecule has 0 amide bonds. The molecule has 0 heterocycles. The molecule has 4 heteroatoms. The normalized spacial score (nSPS) is 13.1. The van der Waals surface area contributed by atoms with Crippen LogP contribution in [0.1, 0.15) is 19.4 Å². The van der Waals surface area contributed by atoms with Crippen LogP contribution in [-0.4, -0.2) is 22.2 Å². The van der Waals surface area contributed by atoms with Crippen molar-refractivity contribution in [1.82, 2.24) is 0 Å². The van der Waals surface area contributed by atoms with Gasteiger partial charge in [-0.1, -0.05) is 30.3 Å². The summed E-state index contributed by atoms with van der Waals surface area (Å²) in [5, 5.41) is 18.2. The molecule has 0 aromatic heterocycles. The highest BCUT2D eigenvalue weighted by atomic mass is 16.4. The van der Waals surface area contributed by atoms with Crippen molar-refractivity contribution in [3.63, 3.8) is 0 Å². The van der Waals surface area contributed by atoms with E-state index in [1.807, 2.05) is 18.2 Å². The average molecular weight is 236 g/mol. The molecule has 0 bridgehead atoms. The van der Waals surface area contributed by atoms with Gasteiger partial charge in [0.25, 0.3) is 0 Å². The van der Waals surface area contributed by atoms with Crippen LogP contribution in [0.25, 0.3) is 0 Å². The lowest BCUT2D eigenvalue weighted by Gasteiger charge is -2.27. The van der Waals surface area contributed by atoms with Crippen LogP contribution >= 0.6 is 0 Å². The van der Waals surface area contributed by atoms with E-state index >= 15 is 0 Å². The molecule has 0 aliphatic carbocycles. The molecule has 0 spiro atoms. The summed E-state index contributed by atoms with van der Waals surface area (Å²) >= 11 is 0. The number of carboxylic acid groups (broad SMARTS) is 2. The van der Waals surface area contributed by atoms with E-state index in [4.69, 9.17) is 10.2 Å². The molecule has 1 atom stereocenters. The summed E-state index contributed by atoms with van der Waals surface area (Å²) < 4.78 is 0. The molecule has 0 saturated carbocycles. The standard InChI is InChI=1S/C13H16O4/c1-13(2,12(16)17)10(11(14)15)8-9-6-4-3-5-7-9/h3-7,10H,8H2,1-2H3,(H,14,15)(H,16,17). The summed E-state index contributed by atoms with van der Waals surface area (Å²) in [6.07, 6.45) is 0.218. The van der Waals surface area contributed by atoms with Gasteiger partial charge in [0.15, 0.2) is 0 Å². The third-order valence-corrected chi connectivity index (χ3v) is 3.00. The second-order valence-corrected chi connectivity index (χ2v) is 4.61. The van der Waals surface area contributed by atoms with Gasteiger partial charge < -0.3 is 10.2 Å². The fourth-order valence-corrected chi connectivity index (χ4v) is 1.65. The minimum atomic E-state index is -1.29. The number of rotatable bonds is 5. The van der Waals surface area contributed by atoms with Crippen LogP contribution in [0.4, 0.5) is 0 Å². The lowest BCUT2D eigenvalue weighted by atomic mass is 9.75. The van der Waals surface area contributed by atoms with Crippen molar-refractivity contribution >= 4 is 11.9 Å². The Hall–Kier alpha value is -1.84. The van der Waals surface area contributed by atoms with E-state index in [0.717, 1.165) is 5.56 Å². The maximum Gasteiger partial charge on any atom is 0.309 e. The molecule has 17 heavy (non-hydrogen) atoms. The van der Waals surface area contributed by atoms with Crippen LogP contribution in [0.15, 0.2) is 30.3 Å². The fraction of sp³-hybridized carbons (Fsp3) is 0.385. The summed E-state index contributed by atoms with van der Waals surface area (Å²) in [7, 11) is 0. The maximum absolute atomic E-state index is 11.2. The Kier molecular flexibility index (Phi) is 3.89. The third-order valence-electron chi connectivity index (χ3n) is 3.00. The molecule has 0 saturated heterocycles. The Balaban J connectivity index is 2.96. The first-order chi connectivity index (χ1) is 7.85. The number of hydrogen-bond donors (Lipinski definition) is 2. The first-order valence-corrected chi connectivity index (χ1v) is 5.36. The molecular formula is C13H16O4. The maximum atomic E-state index is 11.2. The van der Waals surface area contributed by atoms with Gasteiger partial charge in [0.2, 0.25) is 0 Å². The fourth-order valence-electron chi connectivity index (χ4n) is 1.65. The van der Waals surface area contributed by atoms with Gasteiger partial charge in [0.05, 0.1) is 11.3 Å². The van der Waals surface area contributed by atoms with Crippen LogP contribution in [0.3, 0.4) is 0 Å². The molecule has 1 unspecified atom stereocenters. The summed E-state index contributed by atoms with van der Waals surface area (Å²) in [5.74, 6) is -3.12. The van der Waals surface area contributed by atoms with E-state index in [2.05, 4.69) is 0 Å². The zero-order chi connectivity index (χ0) is 13.1. The minimum Gasteiger partial charge on any atom is -0.481 e. The monoisotopic (exact) mass is 236 g/mol. The van der Waals surface area contributed by atoms with E-state index in [-0.39, 0.29) is 6.42 Å². The van der Waals surface area contributed by atoms with Gasteiger partial charge >= 0.3 is 11.9 Å². The highest BCUT2D eigenvalue weighted by molar-refractivity contribution is 5.82. The topological polar surface area (TPSA) is 74.6 Å². The first kappa shape index (κ1) is 13.2. The number of hydrogen-bond acceptors (Lipinski definition) is 2. The van der Waals surface area contributed by atoms with Crippen molar-refractivity contribution in [2.75, 3.05) is 0 Å². The van der Waals surface area contributed by atoms with Crippen LogP contribution in [0.5, 0.6) is 0 Å². The smallest absolute Gasteiger partial charge is 0.309 e. The van der Waals surface area contributed by atoms with Crippen LogP contribution < -0.4 is 0 Å². The summed E-state index contributed by atoms with van der Waals surface area (Å²) in [5.41, 5.74) is -0.462. The Labute approximate surface area is 99.9 Å². The summed E-state index contributed by atoms with van der Waals surface area (Å²) in [6, 6.07) is 9.05. The molecule has 92 valence electrons. The van der Waals surface area contributed by atoms with Gasteiger partial charge in [-0.25, -0.2) is 0 Å². The molecule has 4 nitrogen and oxygen atoms in total. The van der Waals surface area contributed by atoms with Gasteiger partial charge in [-0.3, -0.25) is 9.59 Å². The largest absolute Gasteiger partial charge is 0.481 e. The second-order valence-electron chi connectivity index (χ2n) is 4.61. The lowest BCUT2D eigenvalue weighted by Crippen LogP contribution is -2.39. The molecular weight excluding hydrogens is 220 g/mol. The van der Waals surface area contributed by atoms with Crippen molar-refractivity contribution in [1.29, 1.82) is 0 Å². The van der Waals surface area contributed by atoms with Gasteiger partial charge in [-0.2, -0.15) is 0 Å². The van der Waals surface area contributed by atoms with Crippen molar-refractivity contribution < 1.29 is 19.8 Å². The second kappa shape index (κ2) is 4.99. The molecule has 1 rings (SSSR count). The molecule has 1 aromatic rings. The first-order valence-electron chi connectivity index (χ1n) is 5.36. The Morgan fingerprint density at radius 2 is 1.71 bits per heavy atom. The number of carbonyl (C=O) groups is 2. The summed E-state index contributed by atoms with van der Waals surface area (Å²) in [6.45, 7) is 2.88. The van der Waals surface area contributed by atoms with Crippen molar-refractivity contribution in [3.05, 3.63) is 35.9 Å². The Morgan fingerprint density at radius 1 is 1.18 bits per heavy atom. The Bertz CT molecular complexity index is 409. The predicted molar refractivity (Wildman–Crippen MR) is 62.7 cm³/mol. The number of benzene rings is 1. The molecule has 0 aliphatic heterocycles. The van der Waals surface area contributed by atoms with Gasteiger partial charge in [-0.15, -0.1) is 0 Å². The van der Waals surface area contributed by atoms with E-state index < -0.39 is 23.3 Å². The van der Waals surface area contributed by atoms with Crippen LogP contribution in [0.2, 0.25) is 0 Å². The zero-order valence-electron chi connectivity index (χ0n) is 9.88. The average Bonchev–Trinajstić information content (AvgIpc) is 2.26. The number of carboxylic acids is 2. The van der Waals surface area contributed by atoms with E-state index in [1.165, 1.54) is 13.8 Å². The minimum absolute atomic E-state index is 0.218.